The number of halogens is 2. The molecule has 0 unspecified atom stereocenters. The predicted octanol–water partition coefficient (Wildman–Crippen LogP) is 4.50. The van der Waals surface area contributed by atoms with Gasteiger partial charge in [0.2, 0.25) is 0 Å². The second kappa shape index (κ2) is 8.73. The molecule has 0 N–H and O–H groups in total. The van der Waals surface area contributed by atoms with E-state index in [1.165, 1.54) is 10.4 Å². The molecule has 0 atom stereocenters. The van der Waals surface area contributed by atoms with Crippen LogP contribution >= 0.6 is 38.9 Å². The molecule has 0 spiro atoms. The highest BCUT2D eigenvalue weighted by Gasteiger charge is 2.19. The Hall–Kier alpha value is -0.790. The Morgan fingerprint density at radius 1 is 1.04 bits per heavy atom. The summed E-state index contributed by atoms with van der Waals surface area (Å²) in [5.41, 5.74) is 1.23. The molecule has 0 bridgehead atoms. The fourth-order valence-electron chi connectivity index (χ4n) is 3.08. The minimum absolute atomic E-state index is 0.741. The van der Waals surface area contributed by atoms with Gasteiger partial charge in [0.25, 0.3) is 0 Å². The van der Waals surface area contributed by atoms with Crippen molar-refractivity contribution in [2.45, 2.75) is 13.1 Å². The number of thiophene rings is 1. The minimum atomic E-state index is 0.741. The van der Waals surface area contributed by atoms with E-state index in [0.29, 0.717) is 0 Å². The van der Waals surface area contributed by atoms with E-state index in [1.807, 2.05) is 6.07 Å². The highest BCUT2D eigenvalue weighted by molar-refractivity contribution is 9.10. The maximum Gasteiger partial charge on any atom is 0.174 e. The van der Waals surface area contributed by atoms with Crippen molar-refractivity contribution >= 4 is 38.9 Å². The van der Waals surface area contributed by atoms with Gasteiger partial charge < -0.3 is 9.47 Å². The van der Waals surface area contributed by atoms with E-state index in [9.17, 15) is 0 Å². The van der Waals surface area contributed by atoms with Gasteiger partial charge in [-0.1, -0.05) is 11.6 Å². The molecule has 2 aromatic rings. The molecule has 0 amide bonds. The van der Waals surface area contributed by atoms with Crippen LogP contribution in [0.15, 0.2) is 28.7 Å². The van der Waals surface area contributed by atoms with Gasteiger partial charge >= 0.3 is 0 Å². The summed E-state index contributed by atoms with van der Waals surface area (Å²) in [6.45, 7) is 6.18. The Morgan fingerprint density at radius 2 is 1.72 bits per heavy atom. The first-order valence-corrected chi connectivity index (χ1v) is 10.2. The van der Waals surface area contributed by atoms with Crippen molar-refractivity contribution in [2.75, 3.05) is 40.4 Å². The number of nitrogens with zero attached hydrogens (tertiary/aromatic N) is 2. The van der Waals surface area contributed by atoms with Crippen molar-refractivity contribution in [3.63, 3.8) is 0 Å². The number of hydrogen-bond acceptors (Lipinski definition) is 5. The highest BCUT2D eigenvalue weighted by atomic mass is 79.9. The molecule has 1 aromatic carbocycles. The number of ether oxygens (including phenoxy) is 2. The smallest absolute Gasteiger partial charge is 0.174 e. The Balaban J connectivity index is 1.56. The van der Waals surface area contributed by atoms with Crippen LogP contribution in [0.4, 0.5) is 0 Å². The average Bonchev–Trinajstić information content (AvgIpc) is 3.01. The second-order valence-electron chi connectivity index (χ2n) is 6.07. The molecule has 1 aliphatic heterocycles. The minimum Gasteiger partial charge on any atom is -0.493 e. The lowest BCUT2D eigenvalue weighted by Gasteiger charge is -2.34. The first kappa shape index (κ1) is 19.0. The summed E-state index contributed by atoms with van der Waals surface area (Å²) in [5.74, 6) is 1.51. The Kier molecular flexibility index (Phi) is 6.63. The van der Waals surface area contributed by atoms with Crippen LogP contribution in [0.25, 0.3) is 0 Å². The third-order valence-corrected chi connectivity index (χ3v) is 6.18. The van der Waals surface area contributed by atoms with Gasteiger partial charge in [-0.05, 0) is 45.8 Å². The Morgan fingerprint density at radius 3 is 2.28 bits per heavy atom. The van der Waals surface area contributed by atoms with Crippen molar-refractivity contribution in [2.24, 2.45) is 0 Å². The molecule has 2 heterocycles. The van der Waals surface area contributed by atoms with Crippen LogP contribution in [0.2, 0.25) is 4.34 Å². The molecule has 0 radical (unpaired) electrons. The fourth-order valence-corrected chi connectivity index (χ4v) is 4.86. The summed E-state index contributed by atoms with van der Waals surface area (Å²) in [4.78, 5) is 6.30. The summed E-state index contributed by atoms with van der Waals surface area (Å²) >= 11 is 11.3. The largest absolute Gasteiger partial charge is 0.493 e. The third-order valence-electron chi connectivity index (χ3n) is 4.37. The van der Waals surface area contributed by atoms with Crippen molar-refractivity contribution in [1.82, 2.24) is 9.80 Å². The van der Waals surface area contributed by atoms with Gasteiger partial charge in [0.15, 0.2) is 11.5 Å². The molecule has 0 aliphatic carbocycles. The molecule has 1 aromatic heterocycles. The number of rotatable bonds is 6. The SMILES string of the molecule is COc1cc(CN2CCN(Cc3ccc(Cl)s3)CC2)cc(Br)c1OC. The summed E-state index contributed by atoms with van der Waals surface area (Å²) in [6, 6.07) is 8.28. The lowest BCUT2D eigenvalue weighted by Crippen LogP contribution is -2.45. The van der Waals surface area contributed by atoms with Crippen molar-refractivity contribution in [3.8, 4) is 11.5 Å². The first-order chi connectivity index (χ1) is 12.1. The van der Waals surface area contributed by atoms with Gasteiger partial charge in [0, 0.05) is 44.1 Å². The average molecular weight is 446 g/mol. The van der Waals surface area contributed by atoms with Crippen molar-refractivity contribution < 1.29 is 9.47 Å². The van der Waals surface area contributed by atoms with Gasteiger partial charge in [-0.25, -0.2) is 0 Å². The quantitative estimate of drug-likeness (QED) is 0.653. The van der Waals surface area contributed by atoms with E-state index in [2.05, 4.69) is 43.9 Å². The van der Waals surface area contributed by atoms with E-state index in [0.717, 1.165) is 59.6 Å². The summed E-state index contributed by atoms with van der Waals surface area (Å²) in [5, 5.41) is 0. The van der Waals surface area contributed by atoms with Crippen LogP contribution in [0.5, 0.6) is 11.5 Å². The molecule has 1 aliphatic rings. The molecule has 136 valence electrons. The van der Waals surface area contributed by atoms with Crippen LogP contribution in [0.1, 0.15) is 10.4 Å². The van der Waals surface area contributed by atoms with Crippen molar-refractivity contribution in [3.05, 3.63) is 43.5 Å². The lowest BCUT2D eigenvalue weighted by atomic mass is 10.1. The maximum atomic E-state index is 6.02. The molecule has 1 saturated heterocycles. The summed E-state index contributed by atoms with van der Waals surface area (Å²) < 4.78 is 12.6. The molecular formula is C18H22BrClN2O2S. The Bertz CT molecular complexity index is 717. The zero-order valence-electron chi connectivity index (χ0n) is 14.4. The number of methoxy groups -OCH3 is 2. The zero-order valence-corrected chi connectivity index (χ0v) is 17.6. The summed E-state index contributed by atoms with van der Waals surface area (Å²) in [6.07, 6.45) is 0. The van der Waals surface area contributed by atoms with E-state index in [1.54, 1.807) is 25.6 Å². The first-order valence-electron chi connectivity index (χ1n) is 8.18. The van der Waals surface area contributed by atoms with Gasteiger partial charge in [-0.3, -0.25) is 9.80 Å². The van der Waals surface area contributed by atoms with E-state index in [4.69, 9.17) is 21.1 Å². The van der Waals surface area contributed by atoms with Gasteiger partial charge in [-0.2, -0.15) is 0 Å². The molecule has 0 saturated carbocycles. The molecule has 7 heteroatoms. The van der Waals surface area contributed by atoms with Crippen LogP contribution in [0, 0.1) is 0 Å². The van der Waals surface area contributed by atoms with Gasteiger partial charge in [0.1, 0.15) is 0 Å². The molecule has 4 nitrogen and oxygen atoms in total. The van der Waals surface area contributed by atoms with Crippen LogP contribution in [0.3, 0.4) is 0 Å². The standard InChI is InChI=1S/C18H22BrClN2O2S/c1-23-16-10-13(9-15(19)18(16)24-2)11-21-5-7-22(8-6-21)12-14-3-4-17(20)25-14/h3-4,9-10H,5-8,11-12H2,1-2H3. The van der Waals surface area contributed by atoms with E-state index < -0.39 is 0 Å². The molecular weight excluding hydrogens is 424 g/mol. The normalized spacial score (nSPS) is 16.2. The van der Waals surface area contributed by atoms with Gasteiger partial charge in [-0.15, -0.1) is 11.3 Å². The summed E-state index contributed by atoms with van der Waals surface area (Å²) in [7, 11) is 3.33. The Labute approximate surface area is 166 Å². The van der Waals surface area contributed by atoms with Crippen LogP contribution < -0.4 is 9.47 Å². The fraction of sp³-hybridized carbons (Fsp3) is 0.444. The monoisotopic (exact) mass is 444 g/mol. The van der Waals surface area contributed by atoms with Gasteiger partial charge in [0.05, 0.1) is 23.0 Å². The maximum absolute atomic E-state index is 6.02. The molecule has 3 rings (SSSR count). The van der Waals surface area contributed by atoms with Crippen molar-refractivity contribution in [1.29, 1.82) is 0 Å². The second-order valence-corrected chi connectivity index (χ2v) is 8.73. The molecule has 25 heavy (non-hydrogen) atoms. The zero-order chi connectivity index (χ0) is 17.8. The van der Waals surface area contributed by atoms with Crippen LogP contribution in [-0.2, 0) is 13.1 Å². The number of hydrogen-bond donors (Lipinski definition) is 0. The highest BCUT2D eigenvalue weighted by Crippen LogP contribution is 2.36. The van der Waals surface area contributed by atoms with Crippen LogP contribution in [-0.4, -0.2) is 50.2 Å². The number of piperazine rings is 1. The lowest BCUT2D eigenvalue weighted by molar-refractivity contribution is 0.122. The predicted molar refractivity (Wildman–Crippen MR) is 107 cm³/mol. The number of benzene rings is 1. The molecule has 1 fully saturated rings. The van der Waals surface area contributed by atoms with E-state index in [-0.39, 0.29) is 0 Å². The third kappa shape index (κ3) is 4.89. The topological polar surface area (TPSA) is 24.9 Å². The van der Waals surface area contributed by atoms with E-state index >= 15 is 0 Å².